The maximum Gasteiger partial charge on any atom is 0.252 e. The molecule has 1 aliphatic heterocycles. The standard InChI is InChI=1S/C28H28N6O2/c1-6-34-28(31-25-13-22-17(4)30-27(36)24(22)11-15(25)2)32-26(33-34)19-9-10-21(23(12-19)18(5)35)20-8-7-16(3)29-14-20/h7-14,17H,6H2,1-5H3,(H,30,36)(H,31,32,33). The lowest BCUT2D eigenvalue weighted by atomic mass is 9.96. The minimum atomic E-state index is -0.0442. The fraction of sp³-hybridized carbons (Fsp3) is 0.250. The Kier molecular flexibility index (Phi) is 5.88. The van der Waals surface area contributed by atoms with Gasteiger partial charge < -0.3 is 10.6 Å². The fourth-order valence-electron chi connectivity index (χ4n) is 4.52. The highest BCUT2D eigenvalue weighted by molar-refractivity contribution is 6.02. The molecule has 1 amide bonds. The first-order chi connectivity index (χ1) is 17.2. The molecule has 2 aromatic carbocycles. The Bertz CT molecular complexity index is 1500. The largest absolute Gasteiger partial charge is 0.345 e. The number of benzene rings is 2. The van der Waals surface area contributed by atoms with Gasteiger partial charge in [0.2, 0.25) is 5.95 Å². The van der Waals surface area contributed by atoms with Crippen LogP contribution in [-0.4, -0.2) is 31.4 Å². The third-order valence-corrected chi connectivity index (χ3v) is 6.55. The van der Waals surface area contributed by atoms with E-state index in [9.17, 15) is 9.59 Å². The van der Waals surface area contributed by atoms with Crippen molar-refractivity contribution in [3.63, 3.8) is 0 Å². The van der Waals surface area contributed by atoms with Crippen molar-refractivity contribution in [1.29, 1.82) is 0 Å². The Hall–Kier alpha value is -4.33. The Morgan fingerprint density at radius 2 is 1.86 bits per heavy atom. The number of nitrogens with one attached hydrogen (secondary N) is 2. The zero-order valence-electron chi connectivity index (χ0n) is 21.0. The van der Waals surface area contributed by atoms with Crippen molar-refractivity contribution >= 4 is 23.3 Å². The number of Topliss-reactive ketones (excluding diaryl/α,β-unsaturated/α-hetero) is 1. The molecule has 0 bridgehead atoms. The molecule has 1 atom stereocenters. The SMILES string of the molecule is CCn1nc(-c2ccc(-c3ccc(C)nc3)c(C(C)=O)c2)nc1Nc1cc2c(cc1C)C(=O)NC2C. The number of hydrogen-bond donors (Lipinski definition) is 2. The Labute approximate surface area is 209 Å². The first kappa shape index (κ1) is 23.4. The van der Waals surface area contributed by atoms with Crippen LogP contribution in [0.2, 0.25) is 0 Å². The van der Waals surface area contributed by atoms with Gasteiger partial charge in [0.05, 0.1) is 6.04 Å². The van der Waals surface area contributed by atoms with E-state index in [-0.39, 0.29) is 17.7 Å². The second-order valence-corrected chi connectivity index (χ2v) is 9.15. The van der Waals surface area contributed by atoms with Gasteiger partial charge in [-0.3, -0.25) is 14.6 Å². The van der Waals surface area contributed by atoms with E-state index in [0.717, 1.165) is 39.2 Å². The molecule has 36 heavy (non-hydrogen) atoms. The quantitative estimate of drug-likeness (QED) is 0.359. The van der Waals surface area contributed by atoms with E-state index in [1.807, 2.05) is 70.2 Å². The summed E-state index contributed by atoms with van der Waals surface area (Å²) in [4.78, 5) is 33.8. The lowest BCUT2D eigenvalue weighted by Crippen LogP contribution is -2.16. The molecule has 8 nitrogen and oxygen atoms in total. The second-order valence-electron chi connectivity index (χ2n) is 9.15. The highest BCUT2D eigenvalue weighted by atomic mass is 16.2. The Balaban J connectivity index is 1.51. The van der Waals surface area contributed by atoms with Gasteiger partial charge in [-0.15, -0.1) is 5.10 Å². The molecule has 182 valence electrons. The number of fused-ring (bicyclic) bond motifs is 1. The van der Waals surface area contributed by atoms with Crippen molar-refractivity contribution in [2.75, 3.05) is 5.32 Å². The van der Waals surface area contributed by atoms with Gasteiger partial charge in [-0.05, 0) is 75.6 Å². The molecular weight excluding hydrogens is 452 g/mol. The van der Waals surface area contributed by atoms with Gasteiger partial charge in [-0.25, -0.2) is 4.68 Å². The van der Waals surface area contributed by atoms with E-state index in [2.05, 4.69) is 15.6 Å². The van der Waals surface area contributed by atoms with E-state index < -0.39 is 0 Å². The van der Waals surface area contributed by atoms with Crippen molar-refractivity contribution in [3.8, 4) is 22.5 Å². The number of amides is 1. The van der Waals surface area contributed by atoms with Gasteiger partial charge in [0.25, 0.3) is 5.91 Å². The maximum absolute atomic E-state index is 12.5. The molecule has 0 spiro atoms. The average Bonchev–Trinajstić information content (AvgIpc) is 3.39. The monoisotopic (exact) mass is 480 g/mol. The number of ketones is 1. The van der Waals surface area contributed by atoms with Crippen LogP contribution in [-0.2, 0) is 6.54 Å². The summed E-state index contributed by atoms with van der Waals surface area (Å²) in [6, 6.07) is 13.5. The van der Waals surface area contributed by atoms with E-state index in [1.165, 1.54) is 0 Å². The number of rotatable bonds is 6. The predicted octanol–water partition coefficient (Wildman–Crippen LogP) is 5.39. The Morgan fingerprint density at radius 1 is 1.08 bits per heavy atom. The van der Waals surface area contributed by atoms with Crippen LogP contribution in [0.5, 0.6) is 0 Å². The number of hydrogen-bond acceptors (Lipinski definition) is 6. The van der Waals surface area contributed by atoms with Gasteiger partial charge in [-0.2, -0.15) is 4.98 Å². The van der Waals surface area contributed by atoms with Crippen molar-refractivity contribution < 1.29 is 9.59 Å². The summed E-state index contributed by atoms with van der Waals surface area (Å²) >= 11 is 0. The molecule has 4 aromatic rings. The smallest absolute Gasteiger partial charge is 0.252 e. The number of pyridine rings is 1. The number of carbonyl (C=O) groups excluding carboxylic acids is 2. The van der Waals surface area contributed by atoms with Gasteiger partial charge in [0.1, 0.15) is 0 Å². The summed E-state index contributed by atoms with van der Waals surface area (Å²) in [5.74, 6) is 1.04. The Morgan fingerprint density at radius 3 is 2.56 bits per heavy atom. The lowest BCUT2D eigenvalue weighted by Gasteiger charge is -2.12. The molecular formula is C28H28N6O2. The van der Waals surface area contributed by atoms with Crippen LogP contribution in [0.4, 0.5) is 11.6 Å². The summed E-state index contributed by atoms with van der Waals surface area (Å²) in [5, 5.41) is 11.0. The van der Waals surface area contributed by atoms with Crippen LogP contribution in [0.1, 0.15) is 64.3 Å². The molecule has 0 radical (unpaired) electrons. The molecule has 1 unspecified atom stereocenters. The van der Waals surface area contributed by atoms with Crippen LogP contribution in [0.25, 0.3) is 22.5 Å². The van der Waals surface area contributed by atoms with Crippen LogP contribution >= 0.6 is 0 Å². The van der Waals surface area contributed by atoms with Crippen molar-refractivity contribution in [2.24, 2.45) is 0 Å². The second kappa shape index (κ2) is 9.03. The first-order valence-electron chi connectivity index (χ1n) is 12.0. The molecule has 3 heterocycles. The average molecular weight is 481 g/mol. The van der Waals surface area contributed by atoms with Crippen LogP contribution in [0.15, 0.2) is 48.7 Å². The minimum Gasteiger partial charge on any atom is -0.345 e. The number of aromatic nitrogens is 4. The van der Waals surface area contributed by atoms with Crippen molar-refractivity contribution in [2.45, 2.75) is 47.2 Å². The molecule has 0 saturated carbocycles. The molecule has 2 N–H and O–H groups in total. The maximum atomic E-state index is 12.5. The zero-order valence-corrected chi connectivity index (χ0v) is 21.0. The van der Waals surface area contributed by atoms with Crippen LogP contribution in [0, 0.1) is 13.8 Å². The number of nitrogens with zero attached hydrogens (tertiary/aromatic N) is 4. The van der Waals surface area contributed by atoms with Crippen LogP contribution < -0.4 is 10.6 Å². The molecule has 2 aromatic heterocycles. The summed E-state index contributed by atoms with van der Waals surface area (Å²) in [7, 11) is 0. The van der Waals surface area contributed by atoms with Crippen molar-refractivity contribution in [1.82, 2.24) is 25.1 Å². The zero-order chi connectivity index (χ0) is 25.6. The third-order valence-electron chi connectivity index (χ3n) is 6.55. The lowest BCUT2D eigenvalue weighted by molar-refractivity contribution is 0.0957. The molecule has 8 heteroatoms. The normalized spacial score (nSPS) is 14.5. The van der Waals surface area contributed by atoms with E-state index in [1.54, 1.807) is 17.8 Å². The summed E-state index contributed by atoms with van der Waals surface area (Å²) < 4.78 is 1.79. The van der Waals surface area contributed by atoms with Gasteiger partial charge in [0.15, 0.2) is 11.6 Å². The molecule has 0 fully saturated rings. The number of aryl methyl sites for hydroxylation is 3. The van der Waals surface area contributed by atoms with E-state index >= 15 is 0 Å². The summed E-state index contributed by atoms with van der Waals surface area (Å²) in [6.07, 6.45) is 1.78. The summed E-state index contributed by atoms with van der Waals surface area (Å²) in [5.41, 5.74) is 7.49. The third kappa shape index (κ3) is 4.15. The van der Waals surface area contributed by atoms with Crippen LogP contribution in [0.3, 0.4) is 0 Å². The molecule has 0 saturated heterocycles. The fourth-order valence-corrected chi connectivity index (χ4v) is 4.52. The minimum absolute atomic E-state index is 0.0354. The van der Waals surface area contributed by atoms with Gasteiger partial charge in [0, 0.05) is 46.4 Å². The van der Waals surface area contributed by atoms with Crippen molar-refractivity contribution in [3.05, 3.63) is 76.6 Å². The highest BCUT2D eigenvalue weighted by Gasteiger charge is 2.26. The molecule has 0 aliphatic carbocycles. The first-order valence-corrected chi connectivity index (χ1v) is 12.0. The van der Waals surface area contributed by atoms with E-state index in [0.29, 0.717) is 29.4 Å². The molecule has 1 aliphatic rings. The number of carbonyl (C=O) groups is 2. The predicted molar refractivity (Wildman–Crippen MR) is 139 cm³/mol. The topological polar surface area (TPSA) is 102 Å². The van der Waals surface area contributed by atoms with Gasteiger partial charge >= 0.3 is 0 Å². The summed E-state index contributed by atoms with van der Waals surface area (Å²) in [6.45, 7) is 10.0. The number of anilines is 2. The molecule has 5 rings (SSSR count). The van der Waals surface area contributed by atoms with E-state index in [4.69, 9.17) is 10.1 Å². The highest BCUT2D eigenvalue weighted by Crippen LogP contribution is 2.33. The van der Waals surface area contributed by atoms with Gasteiger partial charge in [-0.1, -0.05) is 18.2 Å².